The van der Waals surface area contributed by atoms with Crippen molar-refractivity contribution in [1.29, 1.82) is 0 Å². The fraction of sp³-hybridized carbons (Fsp3) is 0.722. The summed E-state index contributed by atoms with van der Waals surface area (Å²) in [5.74, 6) is 1.25. The third kappa shape index (κ3) is 4.04. The zero-order chi connectivity index (χ0) is 16.9. The second-order valence-electron chi connectivity index (χ2n) is 7.09. The van der Waals surface area contributed by atoms with Gasteiger partial charge >= 0.3 is 0 Å². The SMILES string of the molecule is CC(C(=O)N(C)C1COC1)c1cnc(NCC2CCCCC2)nc1. The lowest BCUT2D eigenvalue weighted by molar-refractivity contribution is -0.142. The first kappa shape index (κ1) is 17.1. The van der Waals surface area contributed by atoms with Gasteiger partial charge in [0.2, 0.25) is 11.9 Å². The quantitative estimate of drug-likeness (QED) is 0.866. The molecule has 1 N–H and O–H groups in total. The number of anilines is 1. The van der Waals surface area contributed by atoms with E-state index in [-0.39, 0.29) is 17.9 Å². The Labute approximate surface area is 144 Å². The zero-order valence-corrected chi connectivity index (χ0v) is 14.7. The van der Waals surface area contributed by atoms with Gasteiger partial charge in [0, 0.05) is 31.5 Å². The molecule has 0 aromatic carbocycles. The number of likely N-dealkylation sites (N-methyl/N-ethyl adjacent to an activating group) is 1. The molecule has 0 radical (unpaired) electrons. The van der Waals surface area contributed by atoms with Gasteiger partial charge in [0.15, 0.2) is 0 Å². The molecule has 0 spiro atoms. The Morgan fingerprint density at radius 1 is 1.29 bits per heavy atom. The van der Waals surface area contributed by atoms with Crippen LogP contribution < -0.4 is 5.32 Å². The van der Waals surface area contributed by atoms with Gasteiger partial charge in [-0.2, -0.15) is 0 Å². The van der Waals surface area contributed by atoms with Gasteiger partial charge in [0.25, 0.3) is 0 Å². The minimum absolute atomic E-state index is 0.0924. The Hall–Kier alpha value is -1.69. The van der Waals surface area contributed by atoms with Crippen molar-refractivity contribution in [1.82, 2.24) is 14.9 Å². The number of hydrogen-bond acceptors (Lipinski definition) is 5. The molecule has 1 aliphatic carbocycles. The maximum atomic E-state index is 12.5. The van der Waals surface area contributed by atoms with Crippen LogP contribution in [0.4, 0.5) is 5.95 Å². The van der Waals surface area contributed by atoms with E-state index < -0.39 is 0 Å². The number of ether oxygens (including phenoxy) is 1. The fourth-order valence-corrected chi connectivity index (χ4v) is 3.35. The molecular weight excluding hydrogens is 304 g/mol. The lowest BCUT2D eigenvalue weighted by atomic mass is 9.89. The summed E-state index contributed by atoms with van der Waals surface area (Å²) in [6, 6.07) is 0.206. The molecule has 1 aromatic heterocycles. The van der Waals surface area contributed by atoms with Crippen LogP contribution in [0.3, 0.4) is 0 Å². The first-order valence-corrected chi connectivity index (χ1v) is 9.05. The molecule has 2 heterocycles. The highest BCUT2D eigenvalue weighted by atomic mass is 16.5. The van der Waals surface area contributed by atoms with E-state index in [1.807, 2.05) is 14.0 Å². The number of nitrogens with one attached hydrogen (secondary N) is 1. The van der Waals surface area contributed by atoms with Gasteiger partial charge in [0.05, 0.1) is 25.2 Å². The smallest absolute Gasteiger partial charge is 0.230 e. The van der Waals surface area contributed by atoms with Gasteiger partial charge in [-0.05, 0) is 25.7 Å². The van der Waals surface area contributed by atoms with Crippen LogP contribution in [0.15, 0.2) is 12.4 Å². The summed E-state index contributed by atoms with van der Waals surface area (Å²) in [6.07, 6.45) is 10.2. The molecule has 6 heteroatoms. The highest BCUT2D eigenvalue weighted by molar-refractivity contribution is 5.83. The molecule has 2 aliphatic rings. The van der Waals surface area contributed by atoms with Gasteiger partial charge in [-0.1, -0.05) is 19.3 Å². The van der Waals surface area contributed by atoms with Crippen molar-refractivity contribution in [3.05, 3.63) is 18.0 Å². The molecule has 1 atom stereocenters. The Bertz CT molecular complexity index is 538. The molecule has 1 aliphatic heterocycles. The Balaban J connectivity index is 1.52. The van der Waals surface area contributed by atoms with Crippen molar-refractivity contribution in [2.45, 2.75) is 51.0 Å². The van der Waals surface area contributed by atoms with Crippen LogP contribution in [0.2, 0.25) is 0 Å². The summed E-state index contributed by atoms with van der Waals surface area (Å²) < 4.78 is 5.16. The van der Waals surface area contributed by atoms with Gasteiger partial charge in [0.1, 0.15) is 0 Å². The van der Waals surface area contributed by atoms with Crippen LogP contribution in [0.5, 0.6) is 0 Å². The third-order valence-electron chi connectivity index (χ3n) is 5.33. The molecular formula is C18H28N4O2. The average molecular weight is 332 g/mol. The van der Waals surface area contributed by atoms with E-state index in [4.69, 9.17) is 4.74 Å². The molecule has 1 aromatic rings. The molecule has 1 saturated carbocycles. The van der Waals surface area contributed by atoms with Crippen molar-refractivity contribution >= 4 is 11.9 Å². The van der Waals surface area contributed by atoms with Gasteiger partial charge < -0.3 is 15.0 Å². The molecule has 3 rings (SSSR count). The minimum Gasteiger partial charge on any atom is -0.377 e. The Kier molecular flexibility index (Phi) is 5.66. The van der Waals surface area contributed by atoms with Crippen LogP contribution in [-0.2, 0) is 9.53 Å². The van der Waals surface area contributed by atoms with Crippen LogP contribution >= 0.6 is 0 Å². The standard InChI is InChI=1S/C18H28N4O2/c1-13(17(23)22(2)16-11-24-12-16)15-9-20-18(21-10-15)19-8-14-6-4-3-5-7-14/h9-10,13-14,16H,3-8,11-12H2,1-2H3,(H,19,20,21). The van der Waals surface area contributed by atoms with Crippen LogP contribution in [0.1, 0.15) is 50.5 Å². The summed E-state index contributed by atoms with van der Waals surface area (Å²) in [6.45, 7) is 4.12. The van der Waals surface area contributed by atoms with Crippen molar-refractivity contribution in [2.75, 3.05) is 32.1 Å². The lowest BCUT2D eigenvalue weighted by Crippen LogP contribution is -2.50. The van der Waals surface area contributed by atoms with Crippen LogP contribution in [0.25, 0.3) is 0 Å². The summed E-state index contributed by atoms with van der Waals surface area (Å²) in [4.78, 5) is 23.0. The normalized spacial score (nSPS) is 20.2. The summed E-state index contributed by atoms with van der Waals surface area (Å²) >= 11 is 0. The number of amides is 1. The molecule has 132 valence electrons. The van der Waals surface area contributed by atoms with E-state index in [9.17, 15) is 4.79 Å². The summed E-state index contributed by atoms with van der Waals surface area (Å²) in [5, 5.41) is 3.33. The van der Waals surface area contributed by atoms with Gasteiger partial charge in [-0.3, -0.25) is 4.79 Å². The van der Waals surface area contributed by atoms with Crippen molar-refractivity contribution in [3.63, 3.8) is 0 Å². The number of nitrogens with zero attached hydrogens (tertiary/aromatic N) is 3. The minimum atomic E-state index is -0.233. The van der Waals surface area contributed by atoms with E-state index in [1.165, 1.54) is 32.1 Å². The molecule has 0 bridgehead atoms. The molecule has 1 unspecified atom stereocenters. The summed E-state index contributed by atoms with van der Waals surface area (Å²) in [5.41, 5.74) is 0.857. The van der Waals surface area contributed by atoms with Crippen molar-refractivity contribution < 1.29 is 9.53 Å². The van der Waals surface area contributed by atoms with E-state index in [2.05, 4.69) is 15.3 Å². The maximum absolute atomic E-state index is 12.5. The number of hydrogen-bond donors (Lipinski definition) is 1. The molecule has 6 nitrogen and oxygen atoms in total. The highest BCUT2D eigenvalue weighted by Crippen LogP contribution is 2.24. The third-order valence-corrected chi connectivity index (χ3v) is 5.33. The van der Waals surface area contributed by atoms with Crippen LogP contribution in [0, 0.1) is 5.92 Å². The number of carbonyl (C=O) groups is 1. The number of rotatable bonds is 6. The molecule has 1 amide bonds. The van der Waals surface area contributed by atoms with Crippen molar-refractivity contribution in [2.24, 2.45) is 5.92 Å². The van der Waals surface area contributed by atoms with E-state index in [0.29, 0.717) is 19.2 Å². The van der Waals surface area contributed by atoms with Crippen LogP contribution in [-0.4, -0.2) is 53.6 Å². The Morgan fingerprint density at radius 3 is 2.54 bits per heavy atom. The second kappa shape index (κ2) is 7.92. The predicted molar refractivity (Wildman–Crippen MR) is 92.9 cm³/mol. The topological polar surface area (TPSA) is 67.4 Å². The lowest BCUT2D eigenvalue weighted by Gasteiger charge is -2.35. The second-order valence-corrected chi connectivity index (χ2v) is 7.09. The van der Waals surface area contributed by atoms with E-state index >= 15 is 0 Å². The highest BCUT2D eigenvalue weighted by Gasteiger charge is 2.30. The molecule has 24 heavy (non-hydrogen) atoms. The zero-order valence-electron chi connectivity index (χ0n) is 14.7. The summed E-state index contributed by atoms with van der Waals surface area (Å²) in [7, 11) is 1.84. The van der Waals surface area contributed by atoms with Gasteiger partial charge in [-0.15, -0.1) is 0 Å². The van der Waals surface area contributed by atoms with E-state index in [0.717, 1.165) is 18.0 Å². The van der Waals surface area contributed by atoms with E-state index in [1.54, 1.807) is 17.3 Å². The fourth-order valence-electron chi connectivity index (χ4n) is 3.35. The first-order valence-electron chi connectivity index (χ1n) is 9.05. The first-order chi connectivity index (χ1) is 11.6. The largest absolute Gasteiger partial charge is 0.377 e. The number of carbonyl (C=O) groups excluding carboxylic acids is 1. The predicted octanol–water partition coefficient (Wildman–Crippen LogP) is 2.43. The number of aromatic nitrogens is 2. The molecule has 1 saturated heterocycles. The molecule has 2 fully saturated rings. The Morgan fingerprint density at radius 2 is 1.96 bits per heavy atom. The monoisotopic (exact) mass is 332 g/mol. The van der Waals surface area contributed by atoms with Gasteiger partial charge in [-0.25, -0.2) is 9.97 Å². The maximum Gasteiger partial charge on any atom is 0.230 e. The average Bonchev–Trinajstić information content (AvgIpc) is 2.58. The van der Waals surface area contributed by atoms with Crippen molar-refractivity contribution in [3.8, 4) is 0 Å².